The van der Waals surface area contributed by atoms with Crippen molar-refractivity contribution >= 4 is 15.9 Å². The van der Waals surface area contributed by atoms with Crippen molar-refractivity contribution in [1.82, 2.24) is 0 Å². The Hall–Kier alpha value is 0.480. The molecule has 0 aromatic carbocycles. The SMILES string of the molecule is CCCC1CCC(Br)C1C. The first-order valence-electron chi connectivity index (χ1n) is 4.39. The molecule has 1 aliphatic rings. The number of rotatable bonds is 2. The van der Waals surface area contributed by atoms with Crippen LogP contribution in [0.5, 0.6) is 0 Å². The molecule has 0 heterocycles. The summed E-state index contributed by atoms with van der Waals surface area (Å²) in [5.74, 6) is 1.93. The van der Waals surface area contributed by atoms with Crippen LogP contribution in [0.4, 0.5) is 0 Å². The van der Waals surface area contributed by atoms with Gasteiger partial charge in [-0.3, -0.25) is 0 Å². The number of hydrogen-bond acceptors (Lipinski definition) is 0. The highest BCUT2D eigenvalue weighted by atomic mass is 79.9. The highest BCUT2D eigenvalue weighted by Gasteiger charge is 2.29. The minimum Gasteiger partial charge on any atom is -0.0888 e. The Morgan fingerprint density at radius 3 is 2.50 bits per heavy atom. The summed E-state index contributed by atoms with van der Waals surface area (Å²) >= 11 is 3.71. The van der Waals surface area contributed by atoms with Crippen LogP contribution in [0.3, 0.4) is 0 Å². The predicted octanol–water partition coefficient (Wildman–Crippen LogP) is 3.60. The molecule has 1 aliphatic carbocycles. The molecule has 0 aromatic rings. The second kappa shape index (κ2) is 3.75. The van der Waals surface area contributed by atoms with Gasteiger partial charge >= 0.3 is 0 Å². The predicted molar refractivity (Wildman–Crippen MR) is 49.5 cm³/mol. The Balaban J connectivity index is 2.33. The number of halogens is 1. The summed E-state index contributed by atoms with van der Waals surface area (Å²) in [6.45, 7) is 4.67. The molecular weight excluding hydrogens is 188 g/mol. The number of alkyl halides is 1. The molecule has 0 spiro atoms. The molecule has 0 nitrogen and oxygen atoms in total. The van der Waals surface area contributed by atoms with Gasteiger partial charge in [-0.25, -0.2) is 0 Å². The lowest BCUT2D eigenvalue weighted by atomic mass is 9.94. The zero-order valence-corrected chi connectivity index (χ0v) is 8.52. The summed E-state index contributed by atoms with van der Waals surface area (Å²) in [5.41, 5.74) is 0. The molecule has 1 rings (SSSR count). The zero-order valence-electron chi connectivity index (χ0n) is 6.94. The molecule has 0 saturated heterocycles. The Labute approximate surface area is 72.5 Å². The number of hydrogen-bond donors (Lipinski definition) is 0. The van der Waals surface area contributed by atoms with Gasteiger partial charge in [0, 0.05) is 4.83 Å². The molecule has 0 N–H and O–H groups in total. The Kier molecular flexibility index (Phi) is 3.22. The van der Waals surface area contributed by atoms with Gasteiger partial charge < -0.3 is 0 Å². The highest BCUT2D eigenvalue weighted by molar-refractivity contribution is 9.09. The van der Waals surface area contributed by atoms with E-state index in [1.165, 1.54) is 25.7 Å². The van der Waals surface area contributed by atoms with Crippen LogP contribution in [-0.4, -0.2) is 4.83 Å². The van der Waals surface area contributed by atoms with Gasteiger partial charge in [-0.2, -0.15) is 0 Å². The van der Waals surface area contributed by atoms with Crippen LogP contribution in [0.2, 0.25) is 0 Å². The lowest BCUT2D eigenvalue weighted by Crippen LogP contribution is -2.09. The van der Waals surface area contributed by atoms with Crippen LogP contribution in [0.15, 0.2) is 0 Å². The first kappa shape index (κ1) is 8.58. The van der Waals surface area contributed by atoms with E-state index in [1.807, 2.05) is 0 Å². The minimum absolute atomic E-state index is 0.809. The molecular formula is C9H17Br. The van der Waals surface area contributed by atoms with E-state index in [0.29, 0.717) is 0 Å². The smallest absolute Gasteiger partial charge is 0.0174 e. The standard InChI is InChI=1S/C9H17Br/c1-3-4-8-5-6-9(10)7(8)2/h7-9H,3-6H2,1-2H3. The monoisotopic (exact) mass is 204 g/mol. The summed E-state index contributed by atoms with van der Waals surface area (Å²) in [6.07, 6.45) is 5.63. The third-order valence-electron chi connectivity index (χ3n) is 2.79. The van der Waals surface area contributed by atoms with E-state index in [9.17, 15) is 0 Å². The summed E-state index contributed by atoms with van der Waals surface area (Å²) in [4.78, 5) is 0.809. The van der Waals surface area contributed by atoms with Crippen LogP contribution < -0.4 is 0 Å². The van der Waals surface area contributed by atoms with Gasteiger partial charge in [0.25, 0.3) is 0 Å². The topological polar surface area (TPSA) is 0 Å². The molecule has 3 atom stereocenters. The van der Waals surface area contributed by atoms with Crippen molar-refractivity contribution in [3.8, 4) is 0 Å². The van der Waals surface area contributed by atoms with E-state index in [2.05, 4.69) is 29.8 Å². The first-order chi connectivity index (χ1) is 4.75. The normalized spacial score (nSPS) is 40.5. The quantitative estimate of drug-likeness (QED) is 0.604. The lowest BCUT2D eigenvalue weighted by Gasteiger charge is -2.15. The Bertz CT molecular complexity index is 98.9. The molecule has 0 radical (unpaired) electrons. The molecule has 0 aromatic heterocycles. The maximum absolute atomic E-state index is 3.71. The fraction of sp³-hybridized carbons (Fsp3) is 1.00. The van der Waals surface area contributed by atoms with Crippen LogP contribution >= 0.6 is 15.9 Å². The van der Waals surface area contributed by atoms with Gasteiger partial charge in [0.2, 0.25) is 0 Å². The fourth-order valence-electron chi connectivity index (χ4n) is 1.97. The van der Waals surface area contributed by atoms with Crippen molar-refractivity contribution in [2.24, 2.45) is 11.8 Å². The average Bonchev–Trinajstić information content (AvgIpc) is 2.20. The lowest BCUT2D eigenvalue weighted by molar-refractivity contribution is 0.393. The van der Waals surface area contributed by atoms with Crippen molar-refractivity contribution in [2.45, 2.75) is 44.4 Å². The fourth-order valence-corrected chi connectivity index (χ4v) is 2.67. The minimum atomic E-state index is 0.809. The molecule has 1 saturated carbocycles. The molecule has 3 unspecified atom stereocenters. The van der Waals surface area contributed by atoms with Crippen molar-refractivity contribution in [1.29, 1.82) is 0 Å². The van der Waals surface area contributed by atoms with E-state index < -0.39 is 0 Å². The molecule has 0 bridgehead atoms. The van der Waals surface area contributed by atoms with E-state index >= 15 is 0 Å². The maximum Gasteiger partial charge on any atom is 0.0174 e. The molecule has 0 aliphatic heterocycles. The van der Waals surface area contributed by atoms with Gasteiger partial charge in [-0.1, -0.05) is 42.6 Å². The molecule has 0 amide bonds. The van der Waals surface area contributed by atoms with Crippen LogP contribution in [0, 0.1) is 11.8 Å². The van der Waals surface area contributed by atoms with Gasteiger partial charge in [0.05, 0.1) is 0 Å². The van der Waals surface area contributed by atoms with Crippen LogP contribution in [0.25, 0.3) is 0 Å². The van der Waals surface area contributed by atoms with E-state index in [4.69, 9.17) is 0 Å². The van der Waals surface area contributed by atoms with Crippen LogP contribution in [-0.2, 0) is 0 Å². The van der Waals surface area contributed by atoms with Crippen molar-refractivity contribution in [2.75, 3.05) is 0 Å². The van der Waals surface area contributed by atoms with Crippen molar-refractivity contribution < 1.29 is 0 Å². The van der Waals surface area contributed by atoms with Crippen molar-refractivity contribution in [3.05, 3.63) is 0 Å². The Morgan fingerprint density at radius 2 is 2.10 bits per heavy atom. The second-order valence-corrected chi connectivity index (χ2v) is 4.68. The summed E-state index contributed by atoms with van der Waals surface area (Å²) in [7, 11) is 0. The third kappa shape index (κ3) is 1.75. The first-order valence-corrected chi connectivity index (χ1v) is 5.31. The van der Waals surface area contributed by atoms with Gasteiger partial charge in [0.15, 0.2) is 0 Å². The maximum atomic E-state index is 3.71. The summed E-state index contributed by atoms with van der Waals surface area (Å²) < 4.78 is 0. The molecule has 1 fully saturated rings. The average molecular weight is 205 g/mol. The van der Waals surface area contributed by atoms with E-state index in [1.54, 1.807) is 0 Å². The highest BCUT2D eigenvalue weighted by Crippen LogP contribution is 2.38. The zero-order chi connectivity index (χ0) is 7.56. The van der Waals surface area contributed by atoms with Crippen LogP contribution in [0.1, 0.15) is 39.5 Å². The molecule has 60 valence electrons. The van der Waals surface area contributed by atoms with E-state index in [-0.39, 0.29) is 0 Å². The second-order valence-electron chi connectivity index (χ2n) is 3.50. The van der Waals surface area contributed by atoms with Gasteiger partial charge in [-0.05, 0) is 24.7 Å². The Morgan fingerprint density at radius 1 is 1.40 bits per heavy atom. The van der Waals surface area contributed by atoms with Gasteiger partial charge in [0.1, 0.15) is 0 Å². The van der Waals surface area contributed by atoms with Gasteiger partial charge in [-0.15, -0.1) is 0 Å². The molecule has 1 heteroatoms. The third-order valence-corrected chi connectivity index (χ3v) is 4.08. The molecule has 10 heavy (non-hydrogen) atoms. The largest absolute Gasteiger partial charge is 0.0888 e. The van der Waals surface area contributed by atoms with Crippen molar-refractivity contribution in [3.63, 3.8) is 0 Å². The summed E-state index contributed by atoms with van der Waals surface area (Å²) in [5, 5.41) is 0. The summed E-state index contributed by atoms with van der Waals surface area (Å²) in [6, 6.07) is 0. The van der Waals surface area contributed by atoms with E-state index in [0.717, 1.165) is 16.7 Å².